The highest BCUT2D eigenvalue weighted by Gasteiger charge is 2.62. The summed E-state index contributed by atoms with van der Waals surface area (Å²) in [7, 11) is 0. The lowest BCUT2D eigenvalue weighted by Gasteiger charge is -2.62. The van der Waals surface area contributed by atoms with Crippen LogP contribution in [0.5, 0.6) is 0 Å². The Morgan fingerprint density at radius 1 is 0.742 bits per heavy atom. The van der Waals surface area contributed by atoms with Crippen LogP contribution >= 0.6 is 0 Å². The molecule has 0 bridgehead atoms. The molecule has 4 rings (SSSR count). The first-order valence-electron chi connectivity index (χ1n) is 13.6. The monoisotopic (exact) mass is 428 g/mol. The molecule has 0 aromatic rings. The normalized spacial score (nSPS) is 48.6. The summed E-state index contributed by atoms with van der Waals surface area (Å²) in [5, 5.41) is 11.2. The van der Waals surface area contributed by atoms with E-state index in [2.05, 4.69) is 48.5 Å². The first-order chi connectivity index (χ1) is 14.2. The summed E-state index contributed by atoms with van der Waals surface area (Å²) in [5.74, 6) is 2.85. The zero-order valence-corrected chi connectivity index (χ0v) is 21.9. The van der Waals surface area contributed by atoms with Gasteiger partial charge >= 0.3 is 0 Å². The van der Waals surface area contributed by atoms with Gasteiger partial charge in [0.2, 0.25) is 0 Å². The zero-order chi connectivity index (χ0) is 22.9. The molecule has 0 heterocycles. The highest BCUT2D eigenvalue weighted by molar-refractivity contribution is 5.18. The Balaban J connectivity index is 1.49. The molecule has 4 saturated carbocycles. The van der Waals surface area contributed by atoms with Crippen molar-refractivity contribution in [2.24, 2.45) is 45.3 Å². The van der Waals surface area contributed by atoms with Crippen LogP contribution in [0, 0.1) is 45.3 Å². The molecular formula is C30H52O. The summed E-state index contributed by atoms with van der Waals surface area (Å²) in [5.41, 5.74) is 2.73. The van der Waals surface area contributed by atoms with Crippen molar-refractivity contribution in [1.82, 2.24) is 0 Å². The number of rotatable bonds is 4. The molecule has 1 nitrogen and oxygen atoms in total. The third-order valence-corrected chi connectivity index (χ3v) is 11.8. The molecule has 178 valence electrons. The first-order valence-corrected chi connectivity index (χ1v) is 13.6. The summed E-state index contributed by atoms with van der Waals surface area (Å²) in [6.07, 6.45) is 15.5. The van der Waals surface area contributed by atoms with Crippen LogP contribution in [-0.4, -0.2) is 10.7 Å². The second-order valence-corrected chi connectivity index (χ2v) is 14.6. The average molecular weight is 429 g/mol. The molecular weight excluding hydrogens is 376 g/mol. The van der Waals surface area contributed by atoms with E-state index in [1.165, 1.54) is 56.9 Å². The zero-order valence-electron chi connectivity index (χ0n) is 21.9. The predicted molar refractivity (Wildman–Crippen MR) is 133 cm³/mol. The highest BCUT2D eigenvalue weighted by Crippen LogP contribution is 2.70. The van der Waals surface area contributed by atoms with Crippen LogP contribution < -0.4 is 0 Å². The van der Waals surface area contributed by atoms with Crippen LogP contribution in [0.1, 0.15) is 126 Å². The van der Waals surface area contributed by atoms with E-state index in [0.717, 1.165) is 37.5 Å². The van der Waals surface area contributed by atoms with Crippen molar-refractivity contribution in [1.29, 1.82) is 0 Å². The van der Waals surface area contributed by atoms with E-state index >= 15 is 0 Å². The minimum absolute atomic E-state index is 0.239. The molecule has 4 fully saturated rings. The van der Waals surface area contributed by atoms with Gasteiger partial charge in [-0.15, -0.1) is 0 Å². The van der Waals surface area contributed by atoms with Crippen LogP contribution in [0.15, 0.2) is 12.2 Å². The van der Waals surface area contributed by atoms with Crippen molar-refractivity contribution >= 4 is 0 Å². The van der Waals surface area contributed by atoms with Crippen LogP contribution in [0.2, 0.25) is 0 Å². The second-order valence-electron chi connectivity index (χ2n) is 14.6. The minimum Gasteiger partial charge on any atom is -0.390 e. The summed E-state index contributed by atoms with van der Waals surface area (Å²) in [4.78, 5) is 0. The third kappa shape index (κ3) is 3.77. The number of hydrogen-bond donors (Lipinski definition) is 1. The largest absolute Gasteiger partial charge is 0.390 e. The quantitative estimate of drug-likeness (QED) is 0.445. The fourth-order valence-corrected chi connectivity index (χ4v) is 10.4. The molecule has 1 N–H and O–H groups in total. The number of allylic oxidation sites excluding steroid dienone is 1. The Labute approximate surface area is 193 Å². The maximum atomic E-state index is 11.2. The third-order valence-electron chi connectivity index (χ3n) is 11.8. The van der Waals surface area contributed by atoms with Crippen molar-refractivity contribution in [2.45, 2.75) is 131 Å². The van der Waals surface area contributed by atoms with Gasteiger partial charge in [-0.3, -0.25) is 0 Å². The van der Waals surface area contributed by atoms with Gasteiger partial charge in [0.25, 0.3) is 0 Å². The van der Waals surface area contributed by atoms with Crippen LogP contribution in [0.3, 0.4) is 0 Å². The maximum absolute atomic E-state index is 11.2. The smallest absolute Gasteiger partial charge is 0.0653 e. The molecule has 3 unspecified atom stereocenters. The lowest BCUT2D eigenvalue weighted by Crippen LogP contribution is -2.54. The second kappa shape index (κ2) is 7.61. The van der Waals surface area contributed by atoms with Crippen molar-refractivity contribution in [3.8, 4) is 0 Å². The van der Waals surface area contributed by atoms with Gasteiger partial charge in [0.05, 0.1) is 5.60 Å². The van der Waals surface area contributed by atoms with Gasteiger partial charge in [0.15, 0.2) is 0 Å². The molecule has 31 heavy (non-hydrogen) atoms. The van der Waals surface area contributed by atoms with Gasteiger partial charge in [0, 0.05) is 0 Å². The number of fused-ring (bicyclic) bond motifs is 3. The molecule has 0 aromatic heterocycles. The molecule has 0 amide bonds. The average Bonchev–Trinajstić information content (AvgIpc) is 2.98. The van der Waals surface area contributed by atoms with Gasteiger partial charge in [-0.1, -0.05) is 66.5 Å². The Morgan fingerprint density at radius 2 is 1.39 bits per heavy atom. The molecule has 0 spiro atoms. The molecule has 0 aromatic carbocycles. The van der Waals surface area contributed by atoms with E-state index in [0.29, 0.717) is 28.1 Å². The van der Waals surface area contributed by atoms with Crippen molar-refractivity contribution in [2.75, 3.05) is 0 Å². The summed E-state index contributed by atoms with van der Waals surface area (Å²) in [6.45, 7) is 22.0. The first kappa shape index (κ1) is 23.8. The van der Waals surface area contributed by atoms with E-state index in [4.69, 9.17) is 6.58 Å². The molecule has 4 aliphatic rings. The Bertz CT molecular complexity index is 683. The van der Waals surface area contributed by atoms with Gasteiger partial charge in [0.1, 0.15) is 0 Å². The lowest BCUT2D eigenvalue weighted by molar-refractivity contribution is -0.123. The lowest BCUT2D eigenvalue weighted by atomic mass is 9.43. The van der Waals surface area contributed by atoms with E-state index in [1.807, 2.05) is 0 Å². The molecule has 1 heteroatoms. The highest BCUT2D eigenvalue weighted by atomic mass is 16.3. The fourth-order valence-electron chi connectivity index (χ4n) is 10.4. The van der Waals surface area contributed by atoms with E-state index in [9.17, 15) is 5.11 Å². The standard InChI is InChI=1S/C30H52O/c1-21(11-13-24-27(4,5)17-10-19-30(24,8)31)22-12-14-25-28(22,6)20-15-23-26(2,3)16-9-18-29(23,25)7/h22-25,31H,1,9-20H2,2-8H3/t22-,23?,24?,25?,28-,29-,30-/m0/s1. The van der Waals surface area contributed by atoms with E-state index < -0.39 is 5.60 Å². The van der Waals surface area contributed by atoms with Crippen molar-refractivity contribution in [3.63, 3.8) is 0 Å². The SMILES string of the molecule is C=C(CCC1C(C)(C)CCC[C@]1(C)O)[C@@H]1CCC2[C@@]3(C)CCCC(C)(C)C3CC[C@]21C. The van der Waals surface area contributed by atoms with Crippen LogP contribution in [0.4, 0.5) is 0 Å². The van der Waals surface area contributed by atoms with E-state index in [-0.39, 0.29) is 5.41 Å². The Morgan fingerprint density at radius 3 is 2.06 bits per heavy atom. The Kier molecular flexibility index (Phi) is 5.85. The van der Waals surface area contributed by atoms with Gasteiger partial charge in [-0.2, -0.15) is 0 Å². The van der Waals surface area contributed by atoms with Gasteiger partial charge < -0.3 is 5.11 Å². The summed E-state index contributed by atoms with van der Waals surface area (Å²) >= 11 is 0. The van der Waals surface area contributed by atoms with Gasteiger partial charge in [-0.05, 0) is 116 Å². The van der Waals surface area contributed by atoms with Crippen molar-refractivity contribution < 1.29 is 5.11 Å². The minimum atomic E-state index is -0.511. The maximum Gasteiger partial charge on any atom is 0.0653 e. The van der Waals surface area contributed by atoms with Crippen LogP contribution in [0.25, 0.3) is 0 Å². The Hall–Kier alpha value is -0.300. The van der Waals surface area contributed by atoms with E-state index in [1.54, 1.807) is 0 Å². The van der Waals surface area contributed by atoms with Crippen molar-refractivity contribution in [3.05, 3.63) is 12.2 Å². The van der Waals surface area contributed by atoms with Gasteiger partial charge in [-0.25, -0.2) is 0 Å². The molecule has 7 atom stereocenters. The predicted octanol–water partition coefficient (Wildman–Crippen LogP) is 8.56. The molecule has 0 aliphatic heterocycles. The number of hydrogen-bond acceptors (Lipinski definition) is 1. The fraction of sp³-hybridized carbons (Fsp3) is 0.933. The topological polar surface area (TPSA) is 20.2 Å². The summed E-state index contributed by atoms with van der Waals surface area (Å²) in [6, 6.07) is 0. The summed E-state index contributed by atoms with van der Waals surface area (Å²) < 4.78 is 0. The van der Waals surface area contributed by atoms with Crippen LogP contribution in [-0.2, 0) is 0 Å². The molecule has 0 radical (unpaired) electrons. The molecule has 4 aliphatic carbocycles. The number of aliphatic hydroxyl groups is 1. The molecule has 0 saturated heterocycles.